The van der Waals surface area contributed by atoms with Crippen LogP contribution in [-0.2, 0) is 11.3 Å². The zero-order chi connectivity index (χ0) is 15.9. The topological polar surface area (TPSA) is 52.8 Å². The van der Waals surface area contributed by atoms with Gasteiger partial charge >= 0.3 is 0 Å². The summed E-state index contributed by atoms with van der Waals surface area (Å²) >= 11 is 0. The summed E-state index contributed by atoms with van der Waals surface area (Å²) < 4.78 is 0. The minimum absolute atomic E-state index is 0. The van der Waals surface area contributed by atoms with Crippen molar-refractivity contribution >= 4 is 18.3 Å². The molecule has 1 aromatic rings. The first-order chi connectivity index (χ1) is 10.6. The van der Waals surface area contributed by atoms with Crippen molar-refractivity contribution in [3.8, 4) is 0 Å². The van der Waals surface area contributed by atoms with Crippen LogP contribution in [-0.4, -0.2) is 73.0 Å². The number of carbonyl (C=O) groups is 1. The van der Waals surface area contributed by atoms with Crippen LogP contribution in [0.15, 0.2) is 30.3 Å². The van der Waals surface area contributed by atoms with Crippen molar-refractivity contribution in [2.45, 2.75) is 19.5 Å². The molecule has 5 nitrogen and oxygen atoms in total. The summed E-state index contributed by atoms with van der Waals surface area (Å²) in [6.45, 7) is 8.29. The lowest BCUT2D eigenvalue weighted by Gasteiger charge is -2.36. The van der Waals surface area contributed by atoms with Gasteiger partial charge in [0.2, 0.25) is 5.91 Å². The predicted octanol–water partition coefficient (Wildman–Crippen LogP) is 1.03. The maximum Gasteiger partial charge on any atom is 0.239 e. The molecule has 0 aliphatic carbocycles. The Kier molecular flexibility index (Phi) is 8.55. The van der Waals surface area contributed by atoms with Gasteiger partial charge in [0.05, 0.1) is 6.04 Å². The number of halogens is 1. The lowest BCUT2D eigenvalue weighted by molar-refractivity contribution is -0.133. The highest BCUT2D eigenvalue weighted by Crippen LogP contribution is 2.05. The van der Waals surface area contributed by atoms with E-state index in [4.69, 9.17) is 5.73 Å². The van der Waals surface area contributed by atoms with E-state index in [0.717, 1.165) is 45.8 Å². The molecule has 0 radical (unpaired) electrons. The molecule has 1 saturated heterocycles. The van der Waals surface area contributed by atoms with Gasteiger partial charge in [0.15, 0.2) is 0 Å². The van der Waals surface area contributed by atoms with E-state index in [2.05, 4.69) is 41.1 Å². The molecule has 0 bridgehead atoms. The molecular weight excluding hydrogens is 312 g/mol. The molecule has 130 valence electrons. The van der Waals surface area contributed by atoms with Gasteiger partial charge in [-0.05, 0) is 19.5 Å². The monoisotopic (exact) mass is 340 g/mol. The van der Waals surface area contributed by atoms with Crippen LogP contribution in [0.4, 0.5) is 0 Å². The molecule has 0 spiro atoms. The second-order valence-corrected chi connectivity index (χ2v) is 6.18. The van der Waals surface area contributed by atoms with E-state index in [1.807, 2.05) is 11.0 Å². The van der Waals surface area contributed by atoms with Gasteiger partial charge in [-0.2, -0.15) is 0 Å². The molecule has 1 fully saturated rings. The number of hydrogen-bond donors (Lipinski definition) is 1. The summed E-state index contributed by atoms with van der Waals surface area (Å²) in [7, 11) is 2.16. The smallest absolute Gasteiger partial charge is 0.239 e. The molecule has 1 amide bonds. The van der Waals surface area contributed by atoms with Crippen molar-refractivity contribution in [3.63, 3.8) is 0 Å². The van der Waals surface area contributed by atoms with Crippen molar-refractivity contribution in [2.75, 3.05) is 46.3 Å². The molecule has 2 rings (SSSR count). The van der Waals surface area contributed by atoms with Crippen molar-refractivity contribution in [1.29, 1.82) is 0 Å². The van der Waals surface area contributed by atoms with Crippen molar-refractivity contribution in [1.82, 2.24) is 14.7 Å². The van der Waals surface area contributed by atoms with Crippen LogP contribution in [0.3, 0.4) is 0 Å². The van der Waals surface area contributed by atoms with E-state index in [1.54, 1.807) is 6.92 Å². The van der Waals surface area contributed by atoms with E-state index in [-0.39, 0.29) is 24.4 Å². The van der Waals surface area contributed by atoms with E-state index in [0.29, 0.717) is 0 Å². The second kappa shape index (κ2) is 9.88. The number of amides is 1. The van der Waals surface area contributed by atoms with Gasteiger partial charge in [-0.1, -0.05) is 30.3 Å². The summed E-state index contributed by atoms with van der Waals surface area (Å²) in [4.78, 5) is 18.5. The quantitative estimate of drug-likeness (QED) is 0.840. The Hall–Kier alpha value is -1.14. The molecule has 1 atom stereocenters. The Morgan fingerprint density at radius 1 is 1.22 bits per heavy atom. The number of nitrogens with zero attached hydrogens (tertiary/aromatic N) is 3. The van der Waals surface area contributed by atoms with Gasteiger partial charge < -0.3 is 15.5 Å². The maximum absolute atomic E-state index is 11.8. The van der Waals surface area contributed by atoms with Crippen LogP contribution in [0.5, 0.6) is 0 Å². The van der Waals surface area contributed by atoms with Crippen LogP contribution in [0.25, 0.3) is 0 Å². The summed E-state index contributed by atoms with van der Waals surface area (Å²) in [6, 6.07) is 10.1. The van der Waals surface area contributed by atoms with Gasteiger partial charge in [0, 0.05) is 45.8 Å². The first-order valence-corrected chi connectivity index (χ1v) is 8.05. The fourth-order valence-corrected chi connectivity index (χ4v) is 2.77. The van der Waals surface area contributed by atoms with Gasteiger partial charge in [-0.25, -0.2) is 0 Å². The third-order valence-corrected chi connectivity index (χ3v) is 4.17. The lowest BCUT2D eigenvalue weighted by atomic mass is 10.2. The summed E-state index contributed by atoms with van der Waals surface area (Å²) in [6.07, 6.45) is 0. The van der Waals surface area contributed by atoms with E-state index in [9.17, 15) is 4.79 Å². The number of nitrogens with two attached hydrogens (primary N) is 1. The number of benzene rings is 1. The zero-order valence-electron chi connectivity index (χ0n) is 14.1. The Morgan fingerprint density at radius 3 is 2.39 bits per heavy atom. The molecule has 0 aromatic heterocycles. The van der Waals surface area contributed by atoms with Gasteiger partial charge in [0.1, 0.15) is 0 Å². The Bertz CT molecular complexity index is 461. The van der Waals surface area contributed by atoms with Crippen molar-refractivity contribution in [2.24, 2.45) is 5.73 Å². The minimum Gasteiger partial charge on any atom is -0.339 e. The van der Waals surface area contributed by atoms with Crippen molar-refractivity contribution in [3.05, 3.63) is 35.9 Å². The first kappa shape index (κ1) is 19.9. The highest BCUT2D eigenvalue weighted by molar-refractivity contribution is 5.85. The molecule has 23 heavy (non-hydrogen) atoms. The Balaban J connectivity index is 0.00000264. The molecule has 0 saturated carbocycles. The largest absolute Gasteiger partial charge is 0.339 e. The normalized spacial score (nSPS) is 17.0. The molecule has 1 aromatic carbocycles. The van der Waals surface area contributed by atoms with Crippen LogP contribution < -0.4 is 5.73 Å². The average molecular weight is 341 g/mol. The highest BCUT2D eigenvalue weighted by atomic mass is 35.5. The summed E-state index contributed by atoms with van der Waals surface area (Å²) in [5.41, 5.74) is 7.01. The Morgan fingerprint density at radius 2 is 1.83 bits per heavy atom. The summed E-state index contributed by atoms with van der Waals surface area (Å²) in [5.74, 6) is 0.0702. The fraction of sp³-hybridized carbons (Fsp3) is 0.588. The second-order valence-electron chi connectivity index (χ2n) is 6.18. The molecule has 1 heterocycles. The molecule has 1 aliphatic rings. The Labute approximate surface area is 145 Å². The minimum atomic E-state index is -0.386. The van der Waals surface area contributed by atoms with Crippen molar-refractivity contribution < 1.29 is 4.79 Å². The van der Waals surface area contributed by atoms with Crippen LogP contribution >= 0.6 is 12.4 Å². The zero-order valence-corrected chi connectivity index (χ0v) is 15.0. The predicted molar refractivity (Wildman–Crippen MR) is 96.7 cm³/mol. The number of carbonyl (C=O) groups excluding carboxylic acids is 1. The molecular formula is C17H29ClN4O. The summed E-state index contributed by atoms with van der Waals surface area (Å²) in [5, 5.41) is 0. The maximum atomic E-state index is 11.8. The van der Waals surface area contributed by atoms with E-state index >= 15 is 0 Å². The van der Waals surface area contributed by atoms with Gasteiger partial charge in [-0.3, -0.25) is 9.69 Å². The van der Waals surface area contributed by atoms with Crippen LogP contribution in [0.2, 0.25) is 0 Å². The van der Waals surface area contributed by atoms with Crippen LogP contribution in [0, 0.1) is 0 Å². The number of likely N-dealkylation sites (N-methyl/N-ethyl adjacent to an activating group) is 1. The molecule has 1 aliphatic heterocycles. The van der Waals surface area contributed by atoms with E-state index in [1.165, 1.54) is 5.56 Å². The average Bonchev–Trinajstić information content (AvgIpc) is 2.53. The number of rotatable bonds is 6. The van der Waals surface area contributed by atoms with E-state index < -0.39 is 0 Å². The number of piperazine rings is 1. The highest BCUT2D eigenvalue weighted by Gasteiger charge is 2.22. The molecule has 1 unspecified atom stereocenters. The number of hydrogen-bond acceptors (Lipinski definition) is 4. The lowest BCUT2D eigenvalue weighted by Crippen LogP contribution is -2.53. The molecule has 6 heteroatoms. The molecule has 2 N–H and O–H groups in total. The van der Waals surface area contributed by atoms with Gasteiger partial charge in [-0.15, -0.1) is 12.4 Å². The van der Waals surface area contributed by atoms with Gasteiger partial charge in [0.25, 0.3) is 0 Å². The third-order valence-electron chi connectivity index (χ3n) is 4.17. The fourth-order valence-electron chi connectivity index (χ4n) is 2.77. The standard InChI is InChI=1S/C17H28N4O.ClH/c1-15(18)17(22)21-12-10-20(11-13-21)9-8-19(2)14-16-6-4-3-5-7-16;/h3-7,15H,8-14,18H2,1-2H3;1H. The SMILES string of the molecule is CC(N)C(=O)N1CCN(CCN(C)Cc2ccccc2)CC1.Cl. The van der Waals surface area contributed by atoms with Crippen LogP contribution in [0.1, 0.15) is 12.5 Å². The first-order valence-electron chi connectivity index (χ1n) is 8.05. The third kappa shape index (κ3) is 6.47.